The van der Waals surface area contributed by atoms with Crippen molar-refractivity contribution < 1.29 is 4.79 Å². The summed E-state index contributed by atoms with van der Waals surface area (Å²) in [4.78, 5) is 14.7. The minimum absolute atomic E-state index is 0.212. The molecule has 0 saturated carbocycles. The predicted octanol–water partition coefficient (Wildman–Crippen LogP) is 3.31. The summed E-state index contributed by atoms with van der Waals surface area (Å²) in [6, 6.07) is 6.10. The van der Waals surface area contributed by atoms with Gasteiger partial charge in [0.05, 0.1) is 0 Å². The van der Waals surface area contributed by atoms with Crippen LogP contribution >= 0.6 is 0 Å². The number of amides is 1. The molecule has 1 N–H and O–H groups in total. The lowest BCUT2D eigenvalue weighted by molar-refractivity contribution is 0.0770. The highest BCUT2D eigenvalue weighted by molar-refractivity contribution is 5.95. The summed E-state index contributed by atoms with van der Waals surface area (Å²) in [5.74, 6) is 0.212. The standard InChI is InChI=1S/C17H24N2O/c1-3-17(4-2)8-10-19(12-17)16(20)14-5-6-15-13(11-14)7-9-18-15/h5-6,11,18H,3-4,7-10,12H2,1-2H3. The molecule has 0 spiro atoms. The molecule has 2 heterocycles. The van der Waals surface area contributed by atoms with Gasteiger partial charge in [-0.1, -0.05) is 13.8 Å². The van der Waals surface area contributed by atoms with Crippen LogP contribution in [0.5, 0.6) is 0 Å². The number of hydrogen-bond acceptors (Lipinski definition) is 2. The molecule has 1 saturated heterocycles. The second kappa shape index (κ2) is 5.12. The van der Waals surface area contributed by atoms with E-state index in [4.69, 9.17) is 0 Å². The van der Waals surface area contributed by atoms with Crippen LogP contribution in [0.3, 0.4) is 0 Å². The fourth-order valence-electron chi connectivity index (χ4n) is 3.56. The van der Waals surface area contributed by atoms with Gasteiger partial charge in [0.1, 0.15) is 0 Å². The van der Waals surface area contributed by atoms with Gasteiger partial charge in [-0.05, 0) is 54.9 Å². The average molecular weight is 272 g/mol. The molecule has 3 rings (SSSR count). The van der Waals surface area contributed by atoms with E-state index in [0.717, 1.165) is 38.0 Å². The highest BCUT2D eigenvalue weighted by Crippen LogP contribution is 2.37. The number of anilines is 1. The minimum atomic E-state index is 0.212. The maximum Gasteiger partial charge on any atom is 0.253 e. The number of nitrogens with one attached hydrogen (secondary N) is 1. The van der Waals surface area contributed by atoms with Crippen LogP contribution in [0, 0.1) is 5.41 Å². The normalized spacial score (nSPS) is 19.8. The van der Waals surface area contributed by atoms with E-state index in [0.29, 0.717) is 5.41 Å². The third-order valence-corrected chi connectivity index (χ3v) is 5.29. The number of likely N-dealkylation sites (tertiary alicyclic amines) is 1. The van der Waals surface area contributed by atoms with E-state index in [-0.39, 0.29) is 5.91 Å². The van der Waals surface area contributed by atoms with Crippen molar-refractivity contribution in [3.63, 3.8) is 0 Å². The van der Waals surface area contributed by atoms with Crippen LogP contribution < -0.4 is 5.32 Å². The van der Waals surface area contributed by atoms with Crippen LogP contribution in [-0.2, 0) is 6.42 Å². The van der Waals surface area contributed by atoms with E-state index in [1.807, 2.05) is 6.07 Å². The van der Waals surface area contributed by atoms with Crippen molar-refractivity contribution in [3.8, 4) is 0 Å². The molecule has 20 heavy (non-hydrogen) atoms. The molecule has 1 aromatic rings. The van der Waals surface area contributed by atoms with Gasteiger partial charge in [-0.3, -0.25) is 4.79 Å². The summed E-state index contributed by atoms with van der Waals surface area (Å²) < 4.78 is 0. The van der Waals surface area contributed by atoms with Crippen molar-refractivity contribution in [1.82, 2.24) is 4.90 Å². The SMILES string of the molecule is CCC1(CC)CCN(C(=O)c2ccc3c(c2)CCN3)C1. The Bertz CT molecular complexity index is 520. The Morgan fingerprint density at radius 1 is 1.35 bits per heavy atom. The molecule has 3 heteroatoms. The van der Waals surface area contributed by atoms with Gasteiger partial charge in [-0.25, -0.2) is 0 Å². The van der Waals surface area contributed by atoms with E-state index >= 15 is 0 Å². The smallest absolute Gasteiger partial charge is 0.253 e. The maximum atomic E-state index is 12.7. The van der Waals surface area contributed by atoms with Crippen molar-refractivity contribution in [2.24, 2.45) is 5.41 Å². The highest BCUT2D eigenvalue weighted by Gasteiger charge is 2.37. The zero-order valence-electron chi connectivity index (χ0n) is 12.5. The number of rotatable bonds is 3. The molecule has 0 unspecified atom stereocenters. The molecule has 1 amide bonds. The van der Waals surface area contributed by atoms with Crippen LogP contribution in [0.25, 0.3) is 0 Å². The Morgan fingerprint density at radius 3 is 2.85 bits per heavy atom. The summed E-state index contributed by atoms with van der Waals surface area (Å²) in [5.41, 5.74) is 3.69. The van der Waals surface area contributed by atoms with E-state index in [2.05, 4.69) is 36.2 Å². The van der Waals surface area contributed by atoms with Gasteiger partial charge >= 0.3 is 0 Å². The van der Waals surface area contributed by atoms with Gasteiger partial charge in [-0.15, -0.1) is 0 Å². The van der Waals surface area contributed by atoms with Gasteiger partial charge in [0.15, 0.2) is 0 Å². The highest BCUT2D eigenvalue weighted by atomic mass is 16.2. The number of carbonyl (C=O) groups is 1. The topological polar surface area (TPSA) is 32.3 Å². The number of fused-ring (bicyclic) bond motifs is 1. The molecule has 108 valence electrons. The van der Waals surface area contributed by atoms with Crippen molar-refractivity contribution in [3.05, 3.63) is 29.3 Å². The van der Waals surface area contributed by atoms with Gasteiger partial charge in [0.25, 0.3) is 5.91 Å². The van der Waals surface area contributed by atoms with Crippen LogP contribution in [-0.4, -0.2) is 30.4 Å². The fourth-order valence-corrected chi connectivity index (χ4v) is 3.56. The van der Waals surface area contributed by atoms with E-state index in [9.17, 15) is 4.79 Å². The van der Waals surface area contributed by atoms with Crippen molar-refractivity contribution in [2.45, 2.75) is 39.5 Å². The molecule has 0 bridgehead atoms. The Balaban J connectivity index is 1.77. The number of nitrogens with zero attached hydrogens (tertiary/aromatic N) is 1. The Morgan fingerprint density at radius 2 is 2.15 bits per heavy atom. The molecule has 2 aliphatic heterocycles. The summed E-state index contributed by atoms with van der Waals surface area (Å²) in [7, 11) is 0. The summed E-state index contributed by atoms with van der Waals surface area (Å²) in [6.45, 7) is 7.33. The first-order valence-corrected chi connectivity index (χ1v) is 7.83. The van der Waals surface area contributed by atoms with Gasteiger partial charge in [0.2, 0.25) is 0 Å². The largest absolute Gasteiger partial charge is 0.384 e. The van der Waals surface area contributed by atoms with Crippen LogP contribution in [0.1, 0.15) is 49.0 Å². The van der Waals surface area contributed by atoms with E-state index < -0.39 is 0 Å². The van der Waals surface area contributed by atoms with Gasteiger partial charge < -0.3 is 10.2 Å². The zero-order chi connectivity index (χ0) is 14.2. The Labute approximate surface area is 121 Å². The average Bonchev–Trinajstić information content (AvgIpc) is 3.13. The van der Waals surface area contributed by atoms with Crippen molar-refractivity contribution in [1.29, 1.82) is 0 Å². The van der Waals surface area contributed by atoms with E-state index in [1.54, 1.807) is 0 Å². The van der Waals surface area contributed by atoms with Crippen LogP contribution in [0.4, 0.5) is 5.69 Å². The second-order valence-electron chi connectivity index (χ2n) is 6.23. The number of benzene rings is 1. The second-order valence-corrected chi connectivity index (χ2v) is 6.23. The quantitative estimate of drug-likeness (QED) is 0.915. The number of hydrogen-bond donors (Lipinski definition) is 1. The third-order valence-electron chi connectivity index (χ3n) is 5.29. The third kappa shape index (κ3) is 2.19. The fraction of sp³-hybridized carbons (Fsp3) is 0.588. The van der Waals surface area contributed by atoms with Crippen molar-refractivity contribution in [2.75, 3.05) is 25.0 Å². The first-order chi connectivity index (χ1) is 9.67. The molecule has 0 radical (unpaired) electrons. The molecule has 1 fully saturated rings. The zero-order valence-corrected chi connectivity index (χ0v) is 12.5. The summed E-state index contributed by atoms with van der Waals surface area (Å²) in [6.07, 6.45) is 4.52. The monoisotopic (exact) mass is 272 g/mol. The minimum Gasteiger partial charge on any atom is -0.384 e. The molecule has 3 nitrogen and oxygen atoms in total. The summed E-state index contributed by atoms with van der Waals surface area (Å²) in [5, 5.41) is 3.34. The predicted molar refractivity (Wildman–Crippen MR) is 82.2 cm³/mol. The van der Waals surface area contributed by atoms with Crippen LogP contribution in [0.15, 0.2) is 18.2 Å². The molecule has 0 aliphatic carbocycles. The lowest BCUT2D eigenvalue weighted by atomic mass is 9.82. The lowest BCUT2D eigenvalue weighted by Crippen LogP contribution is -2.31. The molecular formula is C17H24N2O. The molecule has 1 aromatic carbocycles. The first kappa shape index (κ1) is 13.5. The molecule has 0 aromatic heterocycles. The van der Waals surface area contributed by atoms with E-state index in [1.165, 1.54) is 24.1 Å². The maximum absolute atomic E-state index is 12.7. The van der Waals surface area contributed by atoms with Gasteiger partial charge in [0, 0.05) is 30.9 Å². The summed E-state index contributed by atoms with van der Waals surface area (Å²) >= 11 is 0. The molecule has 0 atom stereocenters. The lowest BCUT2D eigenvalue weighted by Gasteiger charge is -2.26. The first-order valence-electron chi connectivity index (χ1n) is 7.83. The molecule has 2 aliphatic rings. The van der Waals surface area contributed by atoms with Crippen LogP contribution in [0.2, 0.25) is 0 Å². The Kier molecular flexibility index (Phi) is 3.45. The Hall–Kier alpha value is -1.51. The van der Waals surface area contributed by atoms with Gasteiger partial charge in [-0.2, -0.15) is 0 Å². The van der Waals surface area contributed by atoms with Crippen molar-refractivity contribution >= 4 is 11.6 Å². The number of carbonyl (C=O) groups excluding carboxylic acids is 1. The molecular weight excluding hydrogens is 248 g/mol.